The van der Waals surface area contributed by atoms with Crippen LogP contribution in [-0.4, -0.2) is 17.8 Å². The molecule has 1 aliphatic heterocycles. The lowest BCUT2D eigenvalue weighted by Crippen LogP contribution is -2.21. The van der Waals surface area contributed by atoms with E-state index in [1.165, 1.54) is 11.1 Å². The zero-order valence-corrected chi connectivity index (χ0v) is 12.4. The van der Waals surface area contributed by atoms with Gasteiger partial charge in [0, 0.05) is 12.5 Å². The Morgan fingerprint density at radius 3 is 2.38 bits per heavy atom. The van der Waals surface area contributed by atoms with Gasteiger partial charge in [-0.05, 0) is 29.5 Å². The predicted octanol–water partition coefficient (Wildman–Crippen LogP) is 4.20. The summed E-state index contributed by atoms with van der Waals surface area (Å²) in [5.41, 5.74) is 3.37. The number of aliphatic hydroxyl groups excluding tert-OH is 1. The highest BCUT2D eigenvalue weighted by atomic mass is 16.5. The van der Waals surface area contributed by atoms with E-state index in [0.29, 0.717) is 0 Å². The summed E-state index contributed by atoms with van der Waals surface area (Å²) in [5.74, 6) is 0.220. The Hall–Kier alpha value is -1.64. The van der Waals surface area contributed by atoms with E-state index in [1.807, 2.05) is 30.3 Å². The molecule has 2 nitrogen and oxygen atoms in total. The Kier molecular flexibility index (Phi) is 4.37. The average Bonchev–Trinajstić information content (AvgIpc) is 3.04. The summed E-state index contributed by atoms with van der Waals surface area (Å²) in [6.07, 6.45) is 1.67. The third-order valence-electron chi connectivity index (χ3n) is 4.43. The van der Waals surface area contributed by atoms with Gasteiger partial charge in [-0.2, -0.15) is 0 Å². The molecule has 0 radical (unpaired) electrons. The first-order valence-electron chi connectivity index (χ1n) is 7.74. The summed E-state index contributed by atoms with van der Waals surface area (Å²) in [5, 5.41) is 10.6. The number of aliphatic hydroxyl groups is 1. The fourth-order valence-electron chi connectivity index (χ4n) is 3.20. The van der Waals surface area contributed by atoms with E-state index in [9.17, 15) is 5.11 Å². The van der Waals surface area contributed by atoms with Crippen LogP contribution in [0.25, 0.3) is 11.1 Å². The van der Waals surface area contributed by atoms with E-state index in [1.54, 1.807) is 0 Å². The molecule has 0 spiro atoms. The molecule has 1 N–H and O–H groups in total. The van der Waals surface area contributed by atoms with Crippen LogP contribution in [0, 0.1) is 5.92 Å². The topological polar surface area (TPSA) is 29.5 Å². The van der Waals surface area contributed by atoms with Crippen LogP contribution in [0.4, 0.5) is 0 Å². The van der Waals surface area contributed by atoms with Crippen molar-refractivity contribution in [3.05, 3.63) is 60.2 Å². The van der Waals surface area contributed by atoms with E-state index in [-0.39, 0.29) is 12.0 Å². The second kappa shape index (κ2) is 6.42. The molecule has 0 bridgehead atoms. The number of hydrogen-bond acceptors (Lipinski definition) is 2. The Labute approximate surface area is 126 Å². The SMILES string of the molecule is CCC1OCCC1C(O)c1ccc(-c2ccccc2)cc1. The molecule has 3 atom stereocenters. The van der Waals surface area contributed by atoms with E-state index >= 15 is 0 Å². The molecule has 110 valence electrons. The normalized spacial score (nSPS) is 23.1. The standard InChI is InChI=1S/C19H22O2/c1-2-18-17(12-13-21-18)19(20)16-10-8-15(9-11-16)14-6-4-3-5-7-14/h3-11,17-20H,2,12-13H2,1H3. The summed E-state index contributed by atoms with van der Waals surface area (Å²) >= 11 is 0. The molecule has 0 aromatic heterocycles. The number of hydrogen-bond donors (Lipinski definition) is 1. The second-order valence-electron chi connectivity index (χ2n) is 5.70. The minimum absolute atomic E-state index is 0.189. The summed E-state index contributed by atoms with van der Waals surface area (Å²) < 4.78 is 5.69. The molecule has 1 fully saturated rings. The molecular weight excluding hydrogens is 260 g/mol. The van der Waals surface area contributed by atoms with E-state index < -0.39 is 6.10 Å². The smallest absolute Gasteiger partial charge is 0.0843 e. The van der Waals surface area contributed by atoms with E-state index in [0.717, 1.165) is 25.0 Å². The van der Waals surface area contributed by atoms with Crippen molar-refractivity contribution in [3.63, 3.8) is 0 Å². The molecule has 1 aliphatic rings. The van der Waals surface area contributed by atoms with Gasteiger partial charge in [-0.3, -0.25) is 0 Å². The highest BCUT2D eigenvalue weighted by Gasteiger charge is 2.33. The third-order valence-corrected chi connectivity index (χ3v) is 4.43. The van der Waals surface area contributed by atoms with Gasteiger partial charge in [0.25, 0.3) is 0 Å². The van der Waals surface area contributed by atoms with Crippen molar-refractivity contribution in [1.82, 2.24) is 0 Å². The first kappa shape index (κ1) is 14.3. The van der Waals surface area contributed by atoms with Gasteiger partial charge in [-0.15, -0.1) is 0 Å². The van der Waals surface area contributed by atoms with Gasteiger partial charge in [0.05, 0.1) is 12.2 Å². The summed E-state index contributed by atoms with van der Waals surface area (Å²) in [4.78, 5) is 0. The minimum atomic E-state index is -0.428. The van der Waals surface area contributed by atoms with Crippen molar-refractivity contribution in [2.45, 2.75) is 32.0 Å². The van der Waals surface area contributed by atoms with Crippen molar-refractivity contribution in [2.24, 2.45) is 5.92 Å². The highest BCUT2D eigenvalue weighted by Crippen LogP contribution is 2.35. The van der Waals surface area contributed by atoms with Gasteiger partial charge in [0.15, 0.2) is 0 Å². The van der Waals surface area contributed by atoms with Crippen LogP contribution in [0.2, 0.25) is 0 Å². The molecule has 0 saturated carbocycles. The summed E-state index contributed by atoms with van der Waals surface area (Å²) in [6, 6.07) is 18.6. The zero-order valence-electron chi connectivity index (χ0n) is 12.4. The molecule has 2 aromatic carbocycles. The lowest BCUT2D eigenvalue weighted by atomic mass is 9.88. The molecule has 1 heterocycles. The largest absolute Gasteiger partial charge is 0.388 e. The molecule has 2 heteroatoms. The molecule has 0 amide bonds. The van der Waals surface area contributed by atoms with Gasteiger partial charge in [-0.25, -0.2) is 0 Å². The fourth-order valence-corrected chi connectivity index (χ4v) is 3.20. The first-order valence-corrected chi connectivity index (χ1v) is 7.74. The summed E-state index contributed by atoms with van der Waals surface area (Å²) in [6.45, 7) is 2.89. The van der Waals surface area contributed by atoms with Crippen LogP contribution in [0.1, 0.15) is 31.4 Å². The Balaban J connectivity index is 1.78. The fraction of sp³-hybridized carbons (Fsp3) is 0.368. The van der Waals surface area contributed by atoms with E-state index in [2.05, 4.69) is 31.2 Å². The van der Waals surface area contributed by atoms with Gasteiger partial charge >= 0.3 is 0 Å². The van der Waals surface area contributed by atoms with Gasteiger partial charge in [-0.1, -0.05) is 61.5 Å². The molecule has 21 heavy (non-hydrogen) atoms. The number of rotatable bonds is 4. The van der Waals surface area contributed by atoms with Gasteiger partial charge in [0.1, 0.15) is 0 Å². The van der Waals surface area contributed by atoms with Crippen molar-refractivity contribution < 1.29 is 9.84 Å². The monoisotopic (exact) mass is 282 g/mol. The molecule has 2 aromatic rings. The van der Waals surface area contributed by atoms with Crippen LogP contribution in [0.15, 0.2) is 54.6 Å². The third kappa shape index (κ3) is 3.02. The van der Waals surface area contributed by atoms with Crippen LogP contribution in [0.5, 0.6) is 0 Å². The van der Waals surface area contributed by atoms with Crippen LogP contribution in [-0.2, 0) is 4.74 Å². The zero-order chi connectivity index (χ0) is 14.7. The van der Waals surface area contributed by atoms with Crippen molar-refractivity contribution in [3.8, 4) is 11.1 Å². The Bertz CT molecular complexity index is 562. The van der Waals surface area contributed by atoms with Gasteiger partial charge in [0.2, 0.25) is 0 Å². The molecular formula is C19H22O2. The molecule has 3 rings (SSSR count). The number of benzene rings is 2. The quantitative estimate of drug-likeness (QED) is 0.910. The lowest BCUT2D eigenvalue weighted by molar-refractivity contribution is 0.0307. The Morgan fingerprint density at radius 2 is 1.71 bits per heavy atom. The second-order valence-corrected chi connectivity index (χ2v) is 5.70. The maximum absolute atomic E-state index is 10.6. The molecule has 3 unspecified atom stereocenters. The Morgan fingerprint density at radius 1 is 1.05 bits per heavy atom. The molecule has 0 aliphatic carbocycles. The summed E-state index contributed by atoms with van der Waals surface area (Å²) in [7, 11) is 0. The maximum Gasteiger partial charge on any atom is 0.0843 e. The average molecular weight is 282 g/mol. The van der Waals surface area contributed by atoms with E-state index in [4.69, 9.17) is 4.74 Å². The van der Waals surface area contributed by atoms with Crippen LogP contribution in [0.3, 0.4) is 0 Å². The molecule has 1 saturated heterocycles. The van der Waals surface area contributed by atoms with Crippen LogP contribution >= 0.6 is 0 Å². The van der Waals surface area contributed by atoms with Gasteiger partial charge < -0.3 is 9.84 Å². The number of ether oxygens (including phenoxy) is 1. The highest BCUT2D eigenvalue weighted by molar-refractivity contribution is 5.63. The van der Waals surface area contributed by atoms with Crippen molar-refractivity contribution >= 4 is 0 Å². The minimum Gasteiger partial charge on any atom is -0.388 e. The van der Waals surface area contributed by atoms with Crippen LogP contribution < -0.4 is 0 Å². The maximum atomic E-state index is 10.6. The van der Waals surface area contributed by atoms with Crippen molar-refractivity contribution in [2.75, 3.05) is 6.61 Å². The van der Waals surface area contributed by atoms with Crippen molar-refractivity contribution in [1.29, 1.82) is 0 Å². The lowest BCUT2D eigenvalue weighted by Gasteiger charge is -2.23. The predicted molar refractivity (Wildman–Crippen MR) is 85.0 cm³/mol. The first-order chi connectivity index (χ1) is 10.3.